The van der Waals surface area contributed by atoms with E-state index in [1.807, 2.05) is 38.1 Å². The van der Waals surface area contributed by atoms with Crippen LogP contribution in [-0.2, 0) is 0 Å². The van der Waals surface area contributed by atoms with Crippen LogP contribution in [0.15, 0.2) is 47.3 Å². The minimum absolute atomic E-state index is 0.202. The van der Waals surface area contributed by atoms with E-state index in [1.54, 1.807) is 42.5 Å². The molecule has 3 N–H and O–H groups in total. The summed E-state index contributed by atoms with van der Waals surface area (Å²) in [4.78, 5) is 18.4. The van der Waals surface area contributed by atoms with Gasteiger partial charge < -0.3 is 15.2 Å². The summed E-state index contributed by atoms with van der Waals surface area (Å²) >= 11 is 0. The van der Waals surface area contributed by atoms with Gasteiger partial charge in [0.2, 0.25) is 0 Å². The lowest BCUT2D eigenvalue weighted by molar-refractivity contribution is 0.469. The maximum absolute atomic E-state index is 11.8. The first kappa shape index (κ1) is 18.2. The zero-order valence-electron chi connectivity index (χ0n) is 15.1. The number of aromatic nitrogens is 2. The highest BCUT2D eigenvalue weighted by Crippen LogP contribution is 2.24. The van der Waals surface area contributed by atoms with Crippen LogP contribution in [0.3, 0.4) is 0 Å². The van der Waals surface area contributed by atoms with Crippen LogP contribution in [0.25, 0.3) is 24.3 Å². The first-order chi connectivity index (χ1) is 12.9. The number of H-pyrrole nitrogens is 1. The standard InChI is InChI=1S/C22H20N2O3/c1-14-5-3-7-16(20(14)25)9-11-18-13-19(24-22(27)23-18)12-10-17-8-4-6-15(2)21(17)26/h3-13,25-26H,1-2H3,(H,23,24,27). The third-order valence-corrected chi connectivity index (χ3v) is 4.20. The molecule has 0 atom stereocenters. The number of phenolic OH excluding ortho intramolecular Hbond substituents is 2. The summed E-state index contributed by atoms with van der Waals surface area (Å²) in [5.74, 6) is 0.411. The largest absolute Gasteiger partial charge is 0.507 e. The van der Waals surface area contributed by atoms with E-state index in [1.165, 1.54) is 0 Å². The minimum atomic E-state index is -0.473. The molecule has 3 aromatic rings. The second-order valence-electron chi connectivity index (χ2n) is 6.26. The molecular weight excluding hydrogens is 340 g/mol. The fourth-order valence-corrected chi connectivity index (χ4v) is 2.66. The molecule has 0 aliphatic heterocycles. The van der Waals surface area contributed by atoms with Crippen LogP contribution >= 0.6 is 0 Å². The van der Waals surface area contributed by atoms with Gasteiger partial charge in [-0.25, -0.2) is 4.79 Å². The second-order valence-corrected chi connectivity index (χ2v) is 6.26. The maximum Gasteiger partial charge on any atom is 0.345 e. The third kappa shape index (κ3) is 4.33. The number of para-hydroxylation sites is 2. The maximum atomic E-state index is 11.8. The molecule has 2 aromatic carbocycles. The van der Waals surface area contributed by atoms with Crippen molar-refractivity contribution in [1.82, 2.24) is 9.97 Å². The molecule has 5 heteroatoms. The first-order valence-electron chi connectivity index (χ1n) is 8.49. The van der Waals surface area contributed by atoms with Crippen LogP contribution in [0.2, 0.25) is 0 Å². The predicted octanol–water partition coefficient (Wildman–Crippen LogP) is 4.14. The highest BCUT2D eigenvalue weighted by atomic mass is 16.3. The highest BCUT2D eigenvalue weighted by molar-refractivity contribution is 5.75. The SMILES string of the molecule is Cc1cccc(C=Cc2cc(C=Cc3cccc(C)c3O)[nH]c(=O)n2)c1O. The molecule has 0 aliphatic carbocycles. The number of nitrogens with one attached hydrogen (secondary N) is 1. The van der Waals surface area contributed by atoms with Gasteiger partial charge in [0.25, 0.3) is 0 Å². The van der Waals surface area contributed by atoms with Gasteiger partial charge in [-0.3, -0.25) is 0 Å². The molecular formula is C22H20N2O3. The molecule has 0 saturated heterocycles. The van der Waals surface area contributed by atoms with Crippen molar-refractivity contribution in [3.8, 4) is 11.5 Å². The van der Waals surface area contributed by atoms with Crippen LogP contribution in [0.1, 0.15) is 33.6 Å². The molecule has 0 fully saturated rings. The molecule has 0 aliphatic rings. The molecule has 0 amide bonds. The average molecular weight is 360 g/mol. The fraction of sp³-hybridized carbons (Fsp3) is 0.0909. The molecule has 3 rings (SSSR count). The van der Waals surface area contributed by atoms with Gasteiger partial charge in [-0.05, 0) is 55.3 Å². The Hall–Kier alpha value is -3.60. The number of benzene rings is 2. The highest BCUT2D eigenvalue weighted by Gasteiger charge is 2.02. The Labute approximate surface area is 157 Å². The van der Waals surface area contributed by atoms with Crippen LogP contribution in [0, 0.1) is 13.8 Å². The zero-order valence-corrected chi connectivity index (χ0v) is 15.1. The lowest BCUT2D eigenvalue weighted by Gasteiger charge is -2.03. The van der Waals surface area contributed by atoms with Crippen molar-refractivity contribution in [3.05, 3.63) is 86.6 Å². The summed E-state index contributed by atoms with van der Waals surface area (Å²) in [5, 5.41) is 20.1. The number of rotatable bonds is 4. The molecule has 1 heterocycles. The average Bonchev–Trinajstić information content (AvgIpc) is 2.64. The summed E-state index contributed by atoms with van der Waals surface area (Å²) in [6.07, 6.45) is 6.82. The number of nitrogens with zero attached hydrogens (tertiary/aromatic N) is 1. The van der Waals surface area contributed by atoms with Crippen molar-refractivity contribution < 1.29 is 10.2 Å². The lowest BCUT2D eigenvalue weighted by atomic mass is 10.1. The van der Waals surface area contributed by atoms with Crippen molar-refractivity contribution in [2.45, 2.75) is 13.8 Å². The smallest absolute Gasteiger partial charge is 0.345 e. The van der Waals surface area contributed by atoms with Crippen LogP contribution in [0.5, 0.6) is 11.5 Å². The quantitative estimate of drug-likeness (QED) is 0.653. The van der Waals surface area contributed by atoms with Gasteiger partial charge in [0.1, 0.15) is 11.5 Å². The number of aryl methyl sites for hydroxylation is 2. The van der Waals surface area contributed by atoms with Crippen LogP contribution in [-0.4, -0.2) is 20.2 Å². The predicted molar refractivity (Wildman–Crippen MR) is 108 cm³/mol. The van der Waals surface area contributed by atoms with Crippen molar-refractivity contribution in [2.75, 3.05) is 0 Å². The molecule has 1 aromatic heterocycles. The van der Waals surface area contributed by atoms with Crippen molar-refractivity contribution in [2.24, 2.45) is 0 Å². The summed E-state index contributed by atoms with van der Waals surface area (Å²) in [7, 11) is 0. The van der Waals surface area contributed by atoms with Gasteiger partial charge in [-0.15, -0.1) is 0 Å². The molecule has 5 nitrogen and oxygen atoms in total. The number of hydrogen-bond acceptors (Lipinski definition) is 4. The molecule has 0 radical (unpaired) electrons. The Bertz CT molecular complexity index is 1010. The summed E-state index contributed by atoms with van der Waals surface area (Å²) < 4.78 is 0. The van der Waals surface area contributed by atoms with Gasteiger partial charge in [0.15, 0.2) is 0 Å². The van der Waals surface area contributed by atoms with Crippen molar-refractivity contribution >= 4 is 24.3 Å². The van der Waals surface area contributed by atoms with Gasteiger partial charge in [0, 0.05) is 16.8 Å². The van der Waals surface area contributed by atoms with E-state index >= 15 is 0 Å². The fourth-order valence-electron chi connectivity index (χ4n) is 2.66. The van der Waals surface area contributed by atoms with E-state index in [9.17, 15) is 15.0 Å². The number of phenols is 2. The van der Waals surface area contributed by atoms with E-state index < -0.39 is 5.69 Å². The number of hydrogen-bond donors (Lipinski definition) is 3. The number of aromatic amines is 1. The van der Waals surface area contributed by atoms with Crippen molar-refractivity contribution in [1.29, 1.82) is 0 Å². The second kappa shape index (κ2) is 7.74. The minimum Gasteiger partial charge on any atom is -0.507 e. The molecule has 136 valence electrons. The first-order valence-corrected chi connectivity index (χ1v) is 8.49. The summed E-state index contributed by atoms with van der Waals surface area (Å²) in [5.41, 5.74) is 3.42. The van der Waals surface area contributed by atoms with Gasteiger partial charge >= 0.3 is 5.69 Å². The van der Waals surface area contributed by atoms with E-state index in [-0.39, 0.29) is 11.5 Å². The van der Waals surface area contributed by atoms with E-state index in [0.29, 0.717) is 22.5 Å². The Balaban J connectivity index is 1.89. The van der Waals surface area contributed by atoms with E-state index in [0.717, 1.165) is 11.1 Å². The Morgan fingerprint density at radius 1 is 0.852 bits per heavy atom. The molecule has 0 spiro atoms. The normalized spacial score (nSPS) is 11.5. The molecule has 0 saturated carbocycles. The van der Waals surface area contributed by atoms with Crippen molar-refractivity contribution in [3.63, 3.8) is 0 Å². The molecule has 27 heavy (non-hydrogen) atoms. The third-order valence-electron chi connectivity index (χ3n) is 4.20. The monoisotopic (exact) mass is 360 g/mol. The van der Waals surface area contributed by atoms with Crippen LogP contribution < -0.4 is 5.69 Å². The Kier molecular flexibility index (Phi) is 5.22. The Morgan fingerprint density at radius 3 is 2.00 bits per heavy atom. The lowest BCUT2D eigenvalue weighted by Crippen LogP contribution is -2.12. The van der Waals surface area contributed by atoms with E-state index in [4.69, 9.17) is 0 Å². The van der Waals surface area contributed by atoms with Crippen LogP contribution in [0.4, 0.5) is 0 Å². The Morgan fingerprint density at radius 2 is 1.41 bits per heavy atom. The zero-order chi connectivity index (χ0) is 19.4. The topological polar surface area (TPSA) is 86.2 Å². The molecule has 0 bridgehead atoms. The van der Waals surface area contributed by atoms with Gasteiger partial charge in [-0.1, -0.05) is 36.4 Å². The number of aromatic hydroxyl groups is 2. The molecule has 0 unspecified atom stereocenters. The summed E-state index contributed by atoms with van der Waals surface area (Å²) in [6.45, 7) is 3.65. The van der Waals surface area contributed by atoms with E-state index in [2.05, 4.69) is 9.97 Å². The van der Waals surface area contributed by atoms with Gasteiger partial charge in [0.05, 0.1) is 5.69 Å². The van der Waals surface area contributed by atoms with Gasteiger partial charge in [-0.2, -0.15) is 4.98 Å². The summed E-state index contributed by atoms with van der Waals surface area (Å²) in [6, 6.07) is 12.6.